The van der Waals surface area contributed by atoms with Crippen LogP contribution in [0.5, 0.6) is 0 Å². The fourth-order valence-corrected chi connectivity index (χ4v) is 1.34. The van der Waals surface area contributed by atoms with E-state index in [1.54, 1.807) is 0 Å². The Morgan fingerprint density at radius 1 is 1.06 bits per heavy atom. The van der Waals surface area contributed by atoms with Crippen LogP contribution in [-0.2, 0) is 6.18 Å². The smallest absolute Gasteiger partial charge is 0.258 e. The third-order valence-corrected chi connectivity index (χ3v) is 2.25. The molecule has 0 atom stereocenters. The van der Waals surface area contributed by atoms with Gasteiger partial charge in [-0.25, -0.2) is 0 Å². The maximum atomic E-state index is 12.3. The molecule has 0 radical (unpaired) electrons. The van der Waals surface area contributed by atoms with Crippen molar-refractivity contribution in [1.29, 1.82) is 0 Å². The summed E-state index contributed by atoms with van der Waals surface area (Å²) in [6.45, 7) is 0. The second kappa shape index (κ2) is 4.20. The lowest BCUT2D eigenvalue weighted by atomic mass is 10.1. The van der Waals surface area contributed by atoms with E-state index in [0.717, 1.165) is 0 Å². The van der Waals surface area contributed by atoms with Gasteiger partial charge in [-0.15, -0.1) is 12.6 Å². The summed E-state index contributed by atoms with van der Waals surface area (Å²) in [5, 5.41) is 20.9. The van der Waals surface area contributed by atoms with Gasteiger partial charge in [0.25, 0.3) is 11.4 Å². The fraction of sp³-hybridized carbons (Fsp3) is 0.143. The second-order valence-corrected chi connectivity index (χ2v) is 3.32. The number of halogens is 3. The van der Waals surface area contributed by atoms with E-state index in [1.165, 1.54) is 0 Å². The Hall–Kier alpha value is -1.84. The van der Waals surface area contributed by atoms with Crippen molar-refractivity contribution in [3.8, 4) is 0 Å². The van der Waals surface area contributed by atoms with Gasteiger partial charge in [0.1, 0.15) is 0 Å². The van der Waals surface area contributed by atoms with Crippen LogP contribution in [0.3, 0.4) is 0 Å². The first-order valence-electron chi connectivity index (χ1n) is 3.87. The van der Waals surface area contributed by atoms with E-state index in [9.17, 15) is 33.4 Å². The molecule has 0 amide bonds. The van der Waals surface area contributed by atoms with Crippen molar-refractivity contribution >= 4 is 24.0 Å². The third kappa shape index (κ3) is 2.64. The maximum absolute atomic E-state index is 12.3. The average molecular weight is 268 g/mol. The normalized spacial score (nSPS) is 11.3. The summed E-state index contributed by atoms with van der Waals surface area (Å²) in [4.78, 5) is 17.8. The van der Waals surface area contributed by atoms with Gasteiger partial charge in [-0.3, -0.25) is 20.2 Å². The molecule has 0 aliphatic rings. The molecule has 0 aliphatic heterocycles. The summed E-state index contributed by atoms with van der Waals surface area (Å²) in [6, 6.07) is 0.407. The molecule has 0 aromatic heterocycles. The lowest BCUT2D eigenvalue weighted by molar-refractivity contribution is -0.400. The van der Waals surface area contributed by atoms with Crippen molar-refractivity contribution in [3.05, 3.63) is 37.9 Å². The highest BCUT2D eigenvalue weighted by Gasteiger charge is 2.36. The van der Waals surface area contributed by atoms with E-state index in [4.69, 9.17) is 0 Å². The largest absolute Gasteiger partial charge is 0.416 e. The Morgan fingerprint density at radius 3 is 1.65 bits per heavy atom. The topological polar surface area (TPSA) is 86.3 Å². The van der Waals surface area contributed by atoms with Gasteiger partial charge in [-0.1, -0.05) is 0 Å². The number of alkyl halides is 3. The van der Waals surface area contributed by atoms with Crippen molar-refractivity contribution in [1.82, 2.24) is 0 Å². The highest BCUT2D eigenvalue weighted by atomic mass is 32.1. The molecule has 0 heterocycles. The summed E-state index contributed by atoms with van der Waals surface area (Å²) < 4.78 is 37.0. The third-order valence-electron chi connectivity index (χ3n) is 1.79. The highest BCUT2D eigenvalue weighted by molar-refractivity contribution is 7.80. The van der Waals surface area contributed by atoms with Crippen LogP contribution >= 0.6 is 12.6 Å². The minimum Gasteiger partial charge on any atom is -0.258 e. The molecule has 0 aliphatic carbocycles. The average Bonchev–Trinajstić information content (AvgIpc) is 2.14. The molecule has 0 bridgehead atoms. The quantitative estimate of drug-likeness (QED) is 0.507. The molecule has 1 rings (SSSR count). The molecular weight excluding hydrogens is 265 g/mol. The van der Waals surface area contributed by atoms with Crippen LogP contribution < -0.4 is 0 Å². The molecule has 17 heavy (non-hydrogen) atoms. The molecule has 0 fully saturated rings. The van der Waals surface area contributed by atoms with Crippen LogP contribution in [0.25, 0.3) is 0 Å². The second-order valence-electron chi connectivity index (χ2n) is 2.88. The van der Waals surface area contributed by atoms with Crippen molar-refractivity contribution in [3.63, 3.8) is 0 Å². The Balaban J connectivity index is 3.59. The zero-order chi connectivity index (χ0) is 13.4. The van der Waals surface area contributed by atoms with Crippen molar-refractivity contribution in [2.45, 2.75) is 11.1 Å². The van der Waals surface area contributed by atoms with Gasteiger partial charge in [-0.2, -0.15) is 13.2 Å². The Labute approximate surface area is 96.8 Å². The number of hydrogen-bond donors (Lipinski definition) is 1. The summed E-state index contributed by atoms with van der Waals surface area (Å²) in [5.41, 5.74) is -3.58. The van der Waals surface area contributed by atoms with Crippen LogP contribution in [0.15, 0.2) is 17.0 Å². The van der Waals surface area contributed by atoms with Gasteiger partial charge in [0.2, 0.25) is 0 Å². The first kappa shape index (κ1) is 13.2. The molecule has 6 nitrogen and oxygen atoms in total. The van der Waals surface area contributed by atoms with Crippen molar-refractivity contribution in [2.75, 3.05) is 0 Å². The summed E-state index contributed by atoms with van der Waals surface area (Å²) in [7, 11) is 0. The highest BCUT2D eigenvalue weighted by Crippen LogP contribution is 2.39. The molecular formula is C7H3F3N2O4S. The summed E-state index contributed by atoms with van der Waals surface area (Å²) >= 11 is 3.48. The Bertz CT molecular complexity index is 467. The predicted molar refractivity (Wildman–Crippen MR) is 52.0 cm³/mol. The van der Waals surface area contributed by atoms with Crippen molar-refractivity contribution < 1.29 is 23.0 Å². The van der Waals surface area contributed by atoms with Gasteiger partial charge < -0.3 is 0 Å². The number of benzene rings is 1. The molecule has 0 saturated carbocycles. The zero-order valence-corrected chi connectivity index (χ0v) is 8.66. The zero-order valence-electron chi connectivity index (χ0n) is 7.76. The number of rotatable bonds is 2. The van der Waals surface area contributed by atoms with E-state index in [-0.39, 0.29) is 12.1 Å². The number of thiol groups is 1. The van der Waals surface area contributed by atoms with Gasteiger partial charge >= 0.3 is 6.18 Å². The first-order valence-corrected chi connectivity index (χ1v) is 4.32. The molecule has 1 aromatic rings. The van der Waals surface area contributed by atoms with Crippen LogP contribution in [0, 0.1) is 20.2 Å². The van der Waals surface area contributed by atoms with Crippen LogP contribution in [0.2, 0.25) is 0 Å². The van der Waals surface area contributed by atoms with Gasteiger partial charge in [0, 0.05) is 12.1 Å². The first-order chi connectivity index (χ1) is 7.64. The SMILES string of the molecule is O=[N+]([O-])c1cc(C(F)(F)F)cc([N+](=O)[O-])c1S. The number of nitrogens with zero attached hydrogens (tertiary/aromatic N) is 2. The van der Waals surface area contributed by atoms with E-state index in [2.05, 4.69) is 12.6 Å². The Morgan fingerprint density at radius 2 is 1.41 bits per heavy atom. The number of nitro groups is 2. The monoisotopic (exact) mass is 268 g/mol. The maximum Gasteiger partial charge on any atom is 0.416 e. The van der Waals surface area contributed by atoms with Gasteiger partial charge in [0.15, 0.2) is 4.90 Å². The lowest BCUT2D eigenvalue weighted by Gasteiger charge is -2.07. The molecule has 0 N–H and O–H groups in total. The summed E-state index contributed by atoms with van der Waals surface area (Å²) in [6.07, 6.45) is -4.91. The standard InChI is InChI=1S/C7H3F3N2O4S/c8-7(9,10)3-1-4(11(13)14)6(17)5(2-3)12(15)16/h1-2,17H. The number of nitro benzene ring substituents is 2. The summed E-state index contributed by atoms with van der Waals surface area (Å²) in [5.74, 6) is 0. The van der Waals surface area contributed by atoms with Gasteiger partial charge in [0.05, 0.1) is 15.4 Å². The van der Waals surface area contributed by atoms with Crippen LogP contribution in [-0.4, -0.2) is 9.85 Å². The lowest BCUT2D eigenvalue weighted by Crippen LogP contribution is -2.07. The fourth-order valence-electron chi connectivity index (χ4n) is 1.05. The minimum absolute atomic E-state index is 0.204. The molecule has 1 aromatic carbocycles. The van der Waals surface area contributed by atoms with E-state index >= 15 is 0 Å². The van der Waals surface area contributed by atoms with E-state index in [0.29, 0.717) is 0 Å². The molecule has 0 spiro atoms. The van der Waals surface area contributed by atoms with E-state index in [1.807, 2.05) is 0 Å². The minimum atomic E-state index is -4.91. The number of hydrogen-bond acceptors (Lipinski definition) is 5. The predicted octanol–water partition coefficient (Wildman–Crippen LogP) is 2.81. The molecule has 92 valence electrons. The molecule has 0 saturated heterocycles. The van der Waals surface area contributed by atoms with Crippen molar-refractivity contribution in [2.24, 2.45) is 0 Å². The van der Waals surface area contributed by atoms with E-state index < -0.39 is 37.9 Å². The van der Waals surface area contributed by atoms with Crippen LogP contribution in [0.4, 0.5) is 24.5 Å². The molecule has 10 heteroatoms. The molecule has 0 unspecified atom stereocenters. The van der Waals surface area contributed by atoms with Gasteiger partial charge in [-0.05, 0) is 0 Å². The van der Waals surface area contributed by atoms with Crippen LogP contribution in [0.1, 0.15) is 5.56 Å². The Kier molecular flexibility index (Phi) is 3.27.